The molecule has 1 N–H and O–H groups in total. The predicted molar refractivity (Wildman–Crippen MR) is 76.0 cm³/mol. The predicted octanol–water partition coefficient (Wildman–Crippen LogP) is 3.74. The third kappa shape index (κ3) is 3.51. The molecule has 1 atom stereocenters. The SMILES string of the molecule is CCC(NCc1nnc(C)s1)c1cccc(Cl)c1. The first-order valence-electron chi connectivity index (χ1n) is 5.97. The number of benzene rings is 1. The Bertz CT molecular complexity index is 512. The lowest BCUT2D eigenvalue weighted by molar-refractivity contribution is 0.516. The normalized spacial score (nSPS) is 12.6. The summed E-state index contributed by atoms with van der Waals surface area (Å²) in [5.74, 6) is 0. The highest BCUT2D eigenvalue weighted by Crippen LogP contribution is 2.21. The molecule has 0 spiro atoms. The molecular weight excluding hydrogens is 266 g/mol. The van der Waals surface area contributed by atoms with Crippen molar-refractivity contribution in [2.45, 2.75) is 32.9 Å². The van der Waals surface area contributed by atoms with Crippen molar-refractivity contribution in [1.29, 1.82) is 0 Å². The molecule has 0 bridgehead atoms. The monoisotopic (exact) mass is 281 g/mol. The molecule has 2 rings (SSSR count). The Balaban J connectivity index is 2.01. The zero-order valence-electron chi connectivity index (χ0n) is 10.5. The molecule has 18 heavy (non-hydrogen) atoms. The Labute approximate surface area is 116 Å². The summed E-state index contributed by atoms with van der Waals surface area (Å²) in [6.45, 7) is 4.87. The van der Waals surface area contributed by atoms with Gasteiger partial charge in [-0.3, -0.25) is 0 Å². The summed E-state index contributed by atoms with van der Waals surface area (Å²) in [5, 5.41) is 14.4. The van der Waals surface area contributed by atoms with Gasteiger partial charge in [-0.1, -0.05) is 30.7 Å². The van der Waals surface area contributed by atoms with Gasteiger partial charge in [-0.25, -0.2) is 0 Å². The molecule has 1 aromatic heterocycles. The van der Waals surface area contributed by atoms with Gasteiger partial charge in [0.1, 0.15) is 10.0 Å². The Hall–Kier alpha value is -0.970. The third-order valence-corrected chi connectivity index (χ3v) is 3.80. The van der Waals surface area contributed by atoms with E-state index in [4.69, 9.17) is 11.6 Å². The summed E-state index contributed by atoms with van der Waals surface area (Å²) in [4.78, 5) is 0. The number of nitrogens with one attached hydrogen (secondary N) is 1. The average molecular weight is 282 g/mol. The van der Waals surface area contributed by atoms with Crippen LogP contribution in [0.25, 0.3) is 0 Å². The van der Waals surface area contributed by atoms with Crippen molar-refractivity contribution in [3.8, 4) is 0 Å². The van der Waals surface area contributed by atoms with Crippen LogP contribution < -0.4 is 5.32 Å². The molecule has 0 saturated carbocycles. The molecule has 0 fully saturated rings. The first-order chi connectivity index (χ1) is 8.69. The summed E-state index contributed by atoms with van der Waals surface area (Å²) in [7, 11) is 0. The largest absolute Gasteiger partial charge is 0.304 e. The summed E-state index contributed by atoms with van der Waals surface area (Å²) >= 11 is 7.65. The van der Waals surface area contributed by atoms with E-state index in [0.29, 0.717) is 6.04 Å². The number of halogens is 1. The van der Waals surface area contributed by atoms with Crippen molar-refractivity contribution in [2.24, 2.45) is 0 Å². The molecule has 0 aliphatic rings. The van der Waals surface area contributed by atoms with Gasteiger partial charge in [-0.15, -0.1) is 21.5 Å². The van der Waals surface area contributed by atoms with E-state index >= 15 is 0 Å². The zero-order valence-corrected chi connectivity index (χ0v) is 12.1. The molecule has 0 amide bonds. The van der Waals surface area contributed by atoms with Crippen LogP contribution in [0.3, 0.4) is 0 Å². The van der Waals surface area contributed by atoms with Gasteiger partial charge in [0.15, 0.2) is 0 Å². The van der Waals surface area contributed by atoms with Crippen molar-refractivity contribution < 1.29 is 0 Å². The fourth-order valence-electron chi connectivity index (χ4n) is 1.84. The molecule has 1 heterocycles. The van der Waals surface area contributed by atoms with Gasteiger partial charge in [0, 0.05) is 11.1 Å². The van der Waals surface area contributed by atoms with Crippen LogP contribution in [0.5, 0.6) is 0 Å². The van der Waals surface area contributed by atoms with Gasteiger partial charge in [-0.05, 0) is 31.0 Å². The van der Waals surface area contributed by atoms with Crippen molar-refractivity contribution in [2.75, 3.05) is 0 Å². The highest BCUT2D eigenvalue weighted by Gasteiger charge is 2.10. The number of aryl methyl sites for hydroxylation is 1. The first kappa shape index (κ1) is 13.5. The molecular formula is C13H16ClN3S. The van der Waals surface area contributed by atoms with E-state index in [0.717, 1.165) is 28.0 Å². The summed E-state index contributed by atoms with van der Waals surface area (Å²) in [6, 6.07) is 8.28. The topological polar surface area (TPSA) is 37.8 Å². The van der Waals surface area contributed by atoms with E-state index in [-0.39, 0.29) is 0 Å². The van der Waals surface area contributed by atoms with Crippen LogP contribution in [0.4, 0.5) is 0 Å². The van der Waals surface area contributed by atoms with Crippen LogP contribution in [0.1, 0.15) is 35.0 Å². The number of rotatable bonds is 5. The molecule has 1 aromatic carbocycles. The molecule has 3 nitrogen and oxygen atoms in total. The maximum atomic E-state index is 6.02. The van der Waals surface area contributed by atoms with Crippen molar-refractivity contribution in [1.82, 2.24) is 15.5 Å². The lowest BCUT2D eigenvalue weighted by Crippen LogP contribution is -2.20. The van der Waals surface area contributed by atoms with Crippen molar-refractivity contribution in [3.63, 3.8) is 0 Å². The molecule has 0 aliphatic heterocycles. The van der Waals surface area contributed by atoms with Crippen molar-refractivity contribution >= 4 is 22.9 Å². The number of hydrogen-bond acceptors (Lipinski definition) is 4. The minimum absolute atomic E-state index is 0.299. The second-order valence-corrected chi connectivity index (χ2v) is 5.81. The minimum Gasteiger partial charge on any atom is -0.304 e. The van der Waals surface area contributed by atoms with Gasteiger partial charge in [0.05, 0.1) is 6.54 Å². The quantitative estimate of drug-likeness (QED) is 0.907. The molecule has 2 aromatic rings. The summed E-state index contributed by atoms with van der Waals surface area (Å²) in [6.07, 6.45) is 1.01. The van der Waals surface area contributed by atoms with Gasteiger partial charge in [-0.2, -0.15) is 0 Å². The smallest absolute Gasteiger partial charge is 0.131 e. The first-order valence-corrected chi connectivity index (χ1v) is 7.16. The molecule has 5 heteroatoms. The molecule has 1 unspecified atom stereocenters. The molecule has 96 valence electrons. The lowest BCUT2D eigenvalue weighted by atomic mass is 10.0. The highest BCUT2D eigenvalue weighted by molar-refractivity contribution is 7.11. The number of nitrogens with zero attached hydrogens (tertiary/aromatic N) is 2. The fourth-order valence-corrected chi connectivity index (χ4v) is 2.70. The Morgan fingerprint density at radius 1 is 1.39 bits per heavy atom. The van der Waals surface area contributed by atoms with Crippen LogP contribution in [-0.2, 0) is 6.54 Å². The zero-order chi connectivity index (χ0) is 13.0. The molecule has 0 radical (unpaired) electrons. The van der Waals surface area contributed by atoms with E-state index in [1.807, 2.05) is 25.1 Å². The Morgan fingerprint density at radius 2 is 2.22 bits per heavy atom. The molecule has 0 saturated heterocycles. The van der Waals surface area contributed by atoms with E-state index in [1.54, 1.807) is 11.3 Å². The van der Waals surface area contributed by atoms with E-state index < -0.39 is 0 Å². The van der Waals surface area contributed by atoms with Crippen molar-refractivity contribution in [3.05, 3.63) is 44.9 Å². The van der Waals surface area contributed by atoms with E-state index in [9.17, 15) is 0 Å². The lowest BCUT2D eigenvalue weighted by Gasteiger charge is -2.16. The Kier molecular flexibility index (Phi) is 4.69. The van der Waals surface area contributed by atoms with Gasteiger partial charge in [0.25, 0.3) is 0 Å². The summed E-state index contributed by atoms with van der Waals surface area (Å²) < 4.78 is 0. The van der Waals surface area contributed by atoms with Crippen LogP contribution >= 0.6 is 22.9 Å². The number of aromatic nitrogens is 2. The van der Waals surface area contributed by atoms with E-state index in [1.165, 1.54) is 5.56 Å². The van der Waals surface area contributed by atoms with Crippen LogP contribution in [-0.4, -0.2) is 10.2 Å². The van der Waals surface area contributed by atoms with Crippen LogP contribution in [0, 0.1) is 6.92 Å². The van der Waals surface area contributed by atoms with Gasteiger partial charge in [0.2, 0.25) is 0 Å². The maximum Gasteiger partial charge on any atom is 0.131 e. The third-order valence-electron chi connectivity index (χ3n) is 2.73. The van der Waals surface area contributed by atoms with Crippen LogP contribution in [0.15, 0.2) is 24.3 Å². The minimum atomic E-state index is 0.299. The number of hydrogen-bond donors (Lipinski definition) is 1. The summed E-state index contributed by atoms with van der Waals surface area (Å²) in [5.41, 5.74) is 1.21. The van der Waals surface area contributed by atoms with E-state index in [2.05, 4.69) is 28.5 Å². The Morgan fingerprint density at radius 3 is 2.83 bits per heavy atom. The second-order valence-electron chi connectivity index (χ2n) is 4.11. The van der Waals surface area contributed by atoms with Gasteiger partial charge >= 0.3 is 0 Å². The average Bonchev–Trinajstić information content (AvgIpc) is 2.76. The van der Waals surface area contributed by atoms with Crippen LogP contribution in [0.2, 0.25) is 5.02 Å². The highest BCUT2D eigenvalue weighted by atomic mass is 35.5. The molecule has 0 aliphatic carbocycles. The van der Waals surface area contributed by atoms with Gasteiger partial charge < -0.3 is 5.32 Å². The maximum absolute atomic E-state index is 6.02. The standard InChI is InChI=1S/C13H16ClN3S/c1-3-12(10-5-4-6-11(14)7-10)15-8-13-17-16-9(2)18-13/h4-7,12,15H,3,8H2,1-2H3. The second kappa shape index (κ2) is 6.27. The fraction of sp³-hybridized carbons (Fsp3) is 0.385.